The number of esters is 1. The number of rotatable bonds is 15. The minimum Gasteiger partial charge on any atom is -0.469 e. The number of ether oxygens (including phenoxy) is 1. The van der Waals surface area contributed by atoms with Crippen LogP contribution in [-0.4, -0.2) is 13.1 Å². The van der Waals surface area contributed by atoms with Gasteiger partial charge in [-0.2, -0.15) is 0 Å². The maximum atomic E-state index is 10.9. The van der Waals surface area contributed by atoms with E-state index in [1.54, 1.807) is 0 Å². The molecule has 122 valence electrons. The summed E-state index contributed by atoms with van der Waals surface area (Å²) in [6, 6.07) is 0. The Morgan fingerprint density at radius 3 is 1.90 bits per heavy atom. The number of allylic oxidation sites excluding steroid dienone is 3. The second-order valence-electron chi connectivity index (χ2n) is 5.63. The predicted octanol–water partition coefficient (Wildman–Crippen LogP) is 5.97. The molecule has 0 rings (SSSR count). The van der Waals surface area contributed by atoms with Crippen molar-refractivity contribution in [3.05, 3.63) is 24.8 Å². The zero-order chi connectivity index (χ0) is 15.6. The summed E-state index contributed by atoms with van der Waals surface area (Å²) in [5, 5.41) is 0. The molecule has 2 nitrogen and oxygen atoms in total. The molecule has 0 aliphatic heterocycles. The first kappa shape index (κ1) is 19.9. The average molecular weight is 294 g/mol. The fourth-order valence-electron chi connectivity index (χ4n) is 2.32. The molecule has 0 N–H and O–H groups in total. The first-order valence-corrected chi connectivity index (χ1v) is 8.64. The van der Waals surface area contributed by atoms with E-state index in [-0.39, 0.29) is 5.97 Å². The molecular formula is C19H34O2. The first-order valence-electron chi connectivity index (χ1n) is 8.64. The molecule has 0 amide bonds. The van der Waals surface area contributed by atoms with Crippen molar-refractivity contribution in [2.24, 2.45) is 0 Å². The molecular weight excluding hydrogens is 260 g/mol. The summed E-state index contributed by atoms with van der Waals surface area (Å²) < 4.78 is 4.62. The minimum atomic E-state index is -0.0754. The Morgan fingerprint density at radius 1 is 0.810 bits per heavy atom. The average Bonchev–Trinajstić information content (AvgIpc) is 2.50. The number of carbonyl (C=O) groups is 1. The quantitative estimate of drug-likeness (QED) is 0.211. The lowest BCUT2D eigenvalue weighted by Gasteiger charge is -2.02. The van der Waals surface area contributed by atoms with Gasteiger partial charge in [0.1, 0.15) is 0 Å². The Bertz CT molecular complexity index is 269. The van der Waals surface area contributed by atoms with Crippen LogP contribution in [0.1, 0.15) is 83.5 Å². The summed E-state index contributed by atoms with van der Waals surface area (Å²) in [6.07, 6.45) is 22.0. The summed E-state index contributed by atoms with van der Waals surface area (Å²) in [6.45, 7) is 3.72. The third kappa shape index (κ3) is 16.9. The lowest BCUT2D eigenvalue weighted by atomic mass is 10.1. The van der Waals surface area contributed by atoms with Crippen LogP contribution >= 0.6 is 0 Å². The van der Waals surface area contributed by atoms with Gasteiger partial charge in [0.15, 0.2) is 0 Å². The van der Waals surface area contributed by atoms with Crippen molar-refractivity contribution in [2.45, 2.75) is 83.5 Å². The number of methoxy groups -OCH3 is 1. The zero-order valence-corrected chi connectivity index (χ0v) is 13.9. The molecule has 0 unspecified atom stereocenters. The summed E-state index contributed by atoms with van der Waals surface area (Å²) in [5.74, 6) is -0.0754. The van der Waals surface area contributed by atoms with Gasteiger partial charge in [-0.3, -0.25) is 4.79 Å². The highest BCUT2D eigenvalue weighted by molar-refractivity contribution is 5.68. The van der Waals surface area contributed by atoms with Gasteiger partial charge >= 0.3 is 5.97 Å². The van der Waals surface area contributed by atoms with Gasteiger partial charge in [0.25, 0.3) is 0 Å². The van der Waals surface area contributed by atoms with E-state index in [4.69, 9.17) is 0 Å². The Morgan fingerprint density at radius 2 is 1.33 bits per heavy atom. The van der Waals surface area contributed by atoms with Crippen molar-refractivity contribution in [3.8, 4) is 0 Å². The summed E-state index contributed by atoms with van der Waals surface area (Å²) in [5.41, 5.74) is 0. The standard InChI is InChI=1S/C19H34O2/c1-3-4-5-6-7-8-9-10-11-12-13-14-15-16-17-18-19(20)21-2/h3,6-7H,1,4-5,8-18H2,2H3/b7-6-. The monoisotopic (exact) mass is 294 g/mol. The van der Waals surface area contributed by atoms with Gasteiger partial charge in [-0.1, -0.05) is 63.2 Å². The second kappa shape index (κ2) is 17.0. The van der Waals surface area contributed by atoms with Gasteiger partial charge in [0, 0.05) is 6.42 Å². The second-order valence-corrected chi connectivity index (χ2v) is 5.63. The van der Waals surface area contributed by atoms with E-state index in [2.05, 4.69) is 23.5 Å². The molecule has 21 heavy (non-hydrogen) atoms. The Kier molecular flexibility index (Phi) is 16.2. The van der Waals surface area contributed by atoms with Crippen molar-refractivity contribution in [3.63, 3.8) is 0 Å². The molecule has 0 bridgehead atoms. The molecule has 0 spiro atoms. The minimum absolute atomic E-state index is 0.0754. The van der Waals surface area contributed by atoms with Crippen LogP contribution in [-0.2, 0) is 9.53 Å². The predicted molar refractivity (Wildman–Crippen MR) is 91.4 cm³/mol. The molecule has 0 saturated heterocycles. The molecule has 0 aromatic heterocycles. The first-order chi connectivity index (χ1) is 10.3. The Hall–Kier alpha value is -1.05. The van der Waals surface area contributed by atoms with Crippen molar-refractivity contribution in [1.82, 2.24) is 0 Å². The van der Waals surface area contributed by atoms with Crippen LogP contribution in [0.15, 0.2) is 24.8 Å². The molecule has 0 aromatic rings. The van der Waals surface area contributed by atoms with Crippen LogP contribution in [0.3, 0.4) is 0 Å². The summed E-state index contributed by atoms with van der Waals surface area (Å²) in [4.78, 5) is 10.9. The number of carbonyl (C=O) groups excluding carboxylic acids is 1. The van der Waals surface area contributed by atoms with E-state index in [9.17, 15) is 4.79 Å². The fraction of sp³-hybridized carbons (Fsp3) is 0.737. The Labute approximate surface area is 131 Å². The van der Waals surface area contributed by atoms with Crippen molar-refractivity contribution in [1.29, 1.82) is 0 Å². The summed E-state index contributed by atoms with van der Waals surface area (Å²) >= 11 is 0. The molecule has 0 fully saturated rings. The number of hydrogen-bond acceptors (Lipinski definition) is 2. The Balaban J connectivity index is 3.07. The van der Waals surface area contributed by atoms with Gasteiger partial charge in [-0.05, 0) is 32.1 Å². The lowest BCUT2D eigenvalue weighted by molar-refractivity contribution is -0.140. The van der Waals surface area contributed by atoms with Crippen LogP contribution in [0.25, 0.3) is 0 Å². The summed E-state index contributed by atoms with van der Waals surface area (Å²) in [7, 11) is 1.46. The van der Waals surface area contributed by atoms with E-state index in [1.807, 2.05) is 6.08 Å². The highest BCUT2D eigenvalue weighted by Gasteiger charge is 1.98. The van der Waals surface area contributed by atoms with Crippen LogP contribution in [0, 0.1) is 0 Å². The van der Waals surface area contributed by atoms with Crippen molar-refractivity contribution < 1.29 is 9.53 Å². The van der Waals surface area contributed by atoms with E-state index in [0.717, 1.165) is 25.7 Å². The van der Waals surface area contributed by atoms with Gasteiger partial charge in [0.2, 0.25) is 0 Å². The van der Waals surface area contributed by atoms with Crippen molar-refractivity contribution >= 4 is 5.97 Å². The molecule has 0 saturated carbocycles. The molecule has 0 aliphatic rings. The van der Waals surface area contributed by atoms with Crippen LogP contribution in [0.4, 0.5) is 0 Å². The maximum absolute atomic E-state index is 10.9. The van der Waals surface area contributed by atoms with E-state index < -0.39 is 0 Å². The topological polar surface area (TPSA) is 26.3 Å². The number of unbranched alkanes of at least 4 members (excludes halogenated alkanes) is 10. The smallest absolute Gasteiger partial charge is 0.305 e. The fourth-order valence-corrected chi connectivity index (χ4v) is 2.32. The normalized spacial score (nSPS) is 10.9. The van der Waals surface area contributed by atoms with Gasteiger partial charge in [-0.25, -0.2) is 0 Å². The molecule has 0 atom stereocenters. The van der Waals surface area contributed by atoms with Gasteiger partial charge in [-0.15, -0.1) is 6.58 Å². The van der Waals surface area contributed by atoms with E-state index in [0.29, 0.717) is 6.42 Å². The molecule has 0 aliphatic carbocycles. The van der Waals surface area contributed by atoms with Crippen LogP contribution in [0.5, 0.6) is 0 Å². The zero-order valence-electron chi connectivity index (χ0n) is 13.9. The molecule has 2 heteroatoms. The largest absolute Gasteiger partial charge is 0.469 e. The van der Waals surface area contributed by atoms with E-state index >= 15 is 0 Å². The van der Waals surface area contributed by atoms with Gasteiger partial charge in [0.05, 0.1) is 7.11 Å². The van der Waals surface area contributed by atoms with Crippen LogP contribution < -0.4 is 0 Å². The highest BCUT2D eigenvalue weighted by Crippen LogP contribution is 2.11. The van der Waals surface area contributed by atoms with Crippen LogP contribution in [0.2, 0.25) is 0 Å². The molecule has 0 aromatic carbocycles. The molecule has 0 heterocycles. The highest BCUT2D eigenvalue weighted by atomic mass is 16.5. The third-order valence-electron chi connectivity index (χ3n) is 3.68. The lowest BCUT2D eigenvalue weighted by Crippen LogP contribution is -1.99. The maximum Gasteiger partial charge on any atom is 0.305 e. The van der Waals surface area contributed by atoms with E-state index in [1.165, 1.54) is 58.5 Å². The SMILES string of the molecule is C=CCC/C=C\CCCCCCCCCCCC(=O)OC. The number of hydrogen-bond donors (Lipinski definition) is 0. The van der Waals surface area contributed by atoms with Gasteiger partial charge < -0.3 is 4.74 Å². The molecule has 0 radical (unpaired) electrons. The van der Waals surface area contributed by atoms with Crippen molar-refractivity contribution in [2.75, 3.05) is 7.11 Å². The third-order valence-corrected chi connectivity index (χ3v) is 3.68.